The molecule has 1 aliphatic rings. The topological polar surface area (TPSA) is 70.0 Å². The Bertz CT molecular complexity index is 469. The number of hydrogen-bond donors (Lipinski definition) is 1. The second-order valence-electron chi connectivity index (χ2n) is 3.21. The molecular weight excluding hydrogens is 215 g/mol. The predicted octanol–water partition coefficient (Wildman–Crippen LogP) is 0.859. The van der Waals surface area contributed by atoms with Crippen LogP contribution in [0.15, 0.2) is 29.4 Å². The SMILES string of the molecule is O=C(O)C1C=NN(c2ccc(F)cc2)C1=O. The van der Waals surface area contributed by atoms with E-state index < -0.39 is 23.6 Å². The molecule has 16 heavy (non-hydrogen) atoms. The quantitative estimate of drug-likeness (QED) is 0.754. The van der Waals surface area contributed by atoms with E-state index >= 15 is 0 Å². The second-order valence-corrected chi connectivity index (χ2v) is 3.21. The number of anilines is 1. The first-order valence-electron chi connectivity index (χ1n) is 4.46. The number of benzene rings is 1. The minimum absolute atomic E-state index is 0.339. The van der Waals surface area contributed by atoms with Gasteiger partial charge in [0.05, 0.1) is 5.69 Å². The van der Waals surface area contributed by atoms with Crippen LogP contribution in [0.3, 0.4) is 0 Å². The Labute approximate surface area is 89.8 Å². The smallest absolute Gasteiger partial charge is 0.321 e. The van der Waals surface area contributed by atoms with E-state index in [1.54, 1.807) is 0 Å². The second kappa shape index (κ2) is 3.73. The first kappa shape index (κ1) is 10.3. The van der Waals surface area contributed by atoms with E-state index in [9.17, 15) is 14.0 Å². The van der Waals surface area contributed by atoms with E-state index in [2.05, 4.69) is 5.10 Å². The van der Waals surface area contributed by atoms with Crippen LogP contribution in [0.5, 0.6) is 0 Å². The standard InChI is InChI=1S/C10H7FN2O3/c11-6-1-3-7(4-2-6)13-9(14)8(5-12-13)10(15)16/h1-5,8H,(H,15,16). The molecule has 0 fully saturated rings. The minimum Gasteiger partial charge on any atom is -0.480 e. The number of carboxylic acids is 1. The van der Waals surface area contributed by atoms with Crippen LogP contribution in [0.2, 0.25) is 0 Å². The average Bonchev–Trinajstić information content (AvgIpc) is 2.61. The summed E-state index contributed by atoms with van der Waals surface area (Å²) >= 11 is 0. The number of carboxylic acid groups (broad SMARTS) is 1. The lowest BCUT2D eigenvalue weighted by Gasteiger charge is -2.12. The minimum atomic E-state index is -1.26. The zero-order chi connectivity index (χ0) is 11.7. The molecule has 2 rings (SSSR count). The largest absolute Gasteiger partial charge is 0.480 e. The number of carbonyl (C=O) groups is 2. The zero-order valence-electron chi connectivity index (χ0n) is 8.00. The van der Waals surface area contributed by atoms with E-state index in [1.807, 2.05) is 0 Å². The molecule has 0 saturated carbocycles. The first-order valence-corrected chi connectivity index (χ1v) is 4.46. The van der Waals surface area contributed by atoms with Crippen molar-refractivity contribution in [1.82, 2.24) is 0 Å². The molecule has 0 aliphatic carbocycles. The number of hydrogen-bond acceptors (Lipinski definition) is 3. The maximum atomic E-state index is 12.6. The van der Waals surface area contributed by atoms with Gasteiger partial charge in [-0.25, -0.2) is 4.39 Å². The van der Waals surface area contributed by atoms with Gasteiger partial charge >= 0.3 is 5.97 Å². The van der Waals surface area contributed by atoms with Crippen LogP contribution in [-0.4, -0.2) is 23.2 Å². The molecule has 1 aliphatic heterocycles. The molecule has 82 valence electrons. The lowest BCUT2D eigenvalue weighted by Crippen LogP contribution is -2.30. The van der Waals surface area contributed by atoms with Gasteiger partial charge in [-0.1, -0.05) is 0 Å². The van der Waals surface area contributed by atoms with Gasteiger partial charge in [-0.3, -0.25) is 9.59 Å². The lowest BCUT2D eigenvalue weighted by molar-refractivity contribution is -0.142. The molecule has 0 saturated heterocycles. The van der Waals surface area contributed by atoms with E-state index in [1.165, 1.54) is 24.3 Å². The van der Waals surface area contributed by atoms with E-state index in [4.69, 9.17) is 5.11 Å². The third-order valence-electron chi connectivity index (χ3n) is 2.14. The summed E-state index contributed by atoms with van der Waals surface area (Å²) in [5.41, 5.74) is 0.339. The molecule has 6 heteroatoms. The van der Waals surface area contributed by atoms with E-state index in [-0.39, 0.29) is 0 Å². The van der Waals surface area contributed by atoms with Crippen molar-refractivity contribution in [2.75, 3.05) is 5.01 Å². The molecule has 1 amide bonds. The Kier molecular flexibility index (Phi) is 2.40. The van der Waals surface area contributed by atoms with Crippen molar-refractivity contribution in [2.24, 2.45) is 11.0 Å². The molecular formula is C10H7FN2O3. The highest BCUT2D eigenvalue weighted by molar-refractivity contribution is 6.19. The van der Waals surface area contributed by atoms with Gasteiger partial charge in [0.25, 0.3) is 5.91 Å². The Hall–Kier alpha value is -2.24. The molecule has 1 heterocycles. The fraction of sp³-hybridized carbons (Fsp3) is 0.100. The summed E-state index contributed by atoms with van der Waals surface area (Å²) < 4.78 is 12.6. The van der Waals surface area contributed by atoms with Crippen LogP contribution < -0.4 is 5.01 Å². The number of halogens is 1. The molecule has 1 unspecified atom stereocenters. The van der Waals surface area contributed by atoms with Crippen LogP contribution in [-0.2, 0) is 9.59 Å². The van der Waals surface area contributed by atoms with Gasteiger partial charge in [0, 0.05) is 6.21 Å². The normalized spacial score (nSPS) is 19.2. The Morgan fingerprint density at radius 1 is 1.38 bits per heavy atom. The number of carbonyl (C=O) groups excluding carboxylic acids is 1. The van der Waals surface area contributed by atoms with Gasteiger partial charge < -0.3 is 5.11 Å². The summed E-state index contributed by atoms with van der Waals surface area (Å²) in [5.74, 6) is -3.60. The molecule has 0 spiro atoms. The molecule has 1 aromatic carbocycles. The number of aliphatic carboxylic acids is 1. The fourth-order valence-electron chi connectivity index (χ4n) is 1.33. The molecule has 0 aromatic heterocycles. The number of rotatable bonds is 2. The average molecular weight is 222 g/mol. The third kappa shape index (κ3) is 1.65. The molecule has 1 aromatic rings. The van der Waals surface area contributed by atoms with E-state index in [0.29, 0.717) is 5.69 Å². The van der Waals surface area contributed by atoms with Crippen molar-refractivity contribution >= 4 is 23.8 Å². The summed E-state index contributed by atoms with van der Waals surface area (Å²) in [5, 5.41) is 13.3. The molecule has 1 atom stereocenters. The van der Waals surface area contributed by atoms with Crippen molar-refractivity contribution in [3.8, 4) is 0 Å². The predicted molar refractivity (Wildman–Crippen MR) is 53.5 cm³/mol. The van der Waals surface area contributed by atoms with Gasteiger partial charge in [-0.2, -0.15) is 10.1 Å². The van der Waals surface area contributed by atoms with Crippen molar-refractivity contribution in [3.05, 3.63) is 30.1 Å². The van der Waals surface area contributed by atoms with Gasteiger partial charge in [-0.15, -0.1) is 0 Å². The highest BCUT2D eigenvalue weighted by Crippen LogP contribution is 2.21. The Morgan fingerprint density at radius 2 is 2.00 bits per heavy atom. The van der Waals surface area contributed by atoms with Gasteiger partial charge in [0.1, 0.15) is 5.82 Å². The van der Waals surface area contributed by atoms with Gasteiger partial charge in [-0.05, 0) is 24.3 Å². The van der Waals surface area contributed by atoms with Gasteiger partial charge in [0.2, 0.25) is 0 Å². The molecule has 1 N–H and O–H groups in total. The number of nitrogens with zero attached hydrogens (tertiary/aromatic N) is 2. The van der Waals surface area contributed by atoms with Crippen LogP contribution in [0.1, 0.15) is 0 Å². The van der Waals surface area contributed by atoms with Crippen molar-refractivity contribution in [2.45, 2.75) is 0 Å². The summed E-state index contributed by atoms with van der Waals surface area (Å²) in [6.07, 6.45) is 1.05. The highest BCUT2D eigenvalue weighted by Gasteiger charge is 2.34. The third-order valence-corrected chi connectivity index (χ3v) is 2.14. The Morgan fingerprint density at radius 3 is 2.50 bits per heavy atom. The fourth-order valence-corrected chi connectivity index (χ4v) is 1.33. The van der Waals surface area contributed by atoms with Crippen molar-refractivity contribution in [1.29, 1.82) is 0 Å². The maximum Gasteiger partial charge on any atom is 0.321 e. The first-order chi connectivity index (χ1) is 7.59. The molecule has 0 bridgehead atoms. The summed E-state index contributed by atoms with van der Waals surface area (Å²) in [4.78, 5) is 22.2. The van der Waals surface area contributed by atoms with Crippen LogP contribution in [0.25, 0.3) is 0 Å². The van der Waals surface area contributed by atoms with E-state index in [0.717, 1.165) is 11.2 Å². The van der Waals surface area contributed by atoms with Crippen molar-refractivity contribution < 1.29 is 19.1 Å². The summed E-state index contributed by atoms with van der Waals surface area (Å²) in [7, 11) is 0. The molecule has 5 nitrogen and oxygen atoms in total. The number of amides is 1. The van der Waals surface area contributed by atoms with Gasteiger partial charge in [0.15, 0.2) is 5.92 Å². The van der Waals surface area contributed by atoms with Crippen molar-refractivity contribution in [3.63, 3.8) is 0 Å². The van der Waals surface area contributed by atoms with Crippen LogP contribution in [0.4, 0.5) is 10.1 Å². The maximum absolute atomic E-state index is 12.6. The van der Waals surface area contributed by atoms with Crippen LogP contribution >= 0.6 is 0 Å². The number of hydrazone groups is 1. The zero-order valence-corrected chi connectivity index (χ0v) is 8.00. The monoisotopic (exact) mass is 222 g/mol. The molecule has 0 radical (unpaired) electrons. The highest BCUT2D eigenvalue weighted by atomic mass is 19.1. The van der Waals surface area contributed by atoms with Crippen LogP contribution in [0, 0.1) is 11.7 Å². The summed E-state index contributed by atoms with van der Waals surface area (Å²) in [6, 6.07) is 5.06. The lowest BCUT2D eigenvalue weighted by atomic mass is 10.1. The summed E-state index contributed by atoms with van der Waals surface area (Å²) in [6.45, 7) is 0. The Balaban J connectivity index is 2.25.